The molecule has 0 aromatic carbocycles. The first-order chi connectivity index (χ1) is 4.54. The van der Waals surface area contributed by atoms with Crippen LogP contribution in [0.2, 0.25) is 0 Å². The highest BCUT2D eigenvalue weighted by atomic mass is 16.3. The van der Waals surface area contributed by atoms with Crippen LogP contribution in [0.3, 0.4) is 0 Å². The molecule has 0 amide bonds. The van der Waals surface area contributed by atoms with Crippen LogP contribution < -0.4 is 0 Å². The van der Waals surface area contributed by atoms with Crippen molar-refractivity contribution in [3.63, 3.8) is 0 Å². The molecule has 0 aliphatic rings. The highest BCUT2D eigenvalue weighted by Crippen LogP contribution is 2.09. The van der Waals surface area contributed by atoms with Crippen molar-refractivity contribution in [3.8, 4) is 0 Å². The Balaban J connectivity index is 3.30. The average Bonchev–Trinajstić information content (AvgIpc) is 1.82. The lowest BCUT2D eigenvalue weighted by Crippen LogP contribution is -2.16. The van der Waals surface area contributed by atoms with Crippen molar-refractivity contribution in [3.05, 3.63) is 0 Å². The van der Waals surface area contributed by atoms with Crippen LogP contribution in [0.4, 0.5) is 0 Å². The zero-order valence-corrected chi connectivity index (χ0v) is 7.04. The van der Waals surface area contributed by atoms with Crippen molar-refractivity contribution in [2.75, 3.05) is 0 Å². The summed E-state index contributed by atoms with van der Waals surface area (Å²) in [6, 6.07) is 0. The fraction of sp³-hybridized carbons (Fsp3) is 1.00. The lowest BCUT2D eigenvalue weighted by Gasteiger charge is -2.14. The molecule has 0 saturated carbocycles. The number of rotatable bonds is 4. The summed E-state index contributed by atoms with van der Waals surface area (Å²) in [5.74, 6) is 0.304. The molecule has 0 radical (unpaired) electrons. The molecule has 2 heteroatoms. The topological polar surface area (TPSA) is 40.5 Å². The van der Waals surface area contributed by atoms with Gasteiger partial charge in [-0.3, -0.25) is 0 Å². The van der Waals surface area contributed by atoms with E-state index in [0.29, 0.717) is 18.8 Å². The first-order valence-corrected chi connectivity index (χ1v) is 3.90. The minimum absolute atomic E-state index is 0.255. The van der Waals surface area contributed by atoms with Crippen LogP contribution in [0.1, 0.15) is 33.6 Å². The van der Waals surface area contributed by atoms with Gasteiger partial charge < -0.3 is 10.2 Å². The van der Waals surface area contributed by atoms with Gasteiger partial charge in [0.25, 0.3) is 0 Å². The first kappa shape index (κ1) is 9.92. The molecule has 0 unspecified atom stereocenters. The van der Waals surface area contributed by atoms with Crippen LogP contribution in [0.5, 0.6) is 0 Å². The monoisotopic (exact) mass is 146 g/mol. The summed E-state index contributed by atoms with van der Waals surface area (Å²) in [7, 11) is 0. The molecule has 2 N–H and O–H groups in total. The van der Waals surface area contributed by atoms with E-state index in [4.69, 9.17) is 5.11 Å². The quantitative estimate of drug-likeness (QED) is 0.625. The third kappa shape index (κ3) is 4.77. The second-order valence-corrected chi connectivity index (χ2v) is 3.24. The van der Waals surface area contributed by atoms with E-state index >= 15 is 0 Å². The van der Waals surface area contributed by atoms with Crippen LogP contribution >= 0.6 is 0 Å². The Morgan fingerprint density at radius 2 is 1.50 bits per heavy atom. The van der Waals surface area contributed by atoms with E-state index < -0.39 is 0 Å². The first-order valence-electron chi connectivity index (χ1n) is 3.90. The van der Waals surface area contributed by atoms with Gasteiger partial charge in [0.05, 0.1) is 12.2 Å². The van der Waals surface area contributed by atoms with Gasteiger partial charge in [-0.1, -0.05) is 13.8 Å². The molecule has 0 aromatic heterocycles. The molecule has 2 nitrogen and oxygen atoms in total. The van der Waals surface area contributed by atoms with Gasteiger partial charge in [-0.25, -0.2) is 0 Å². The van der Waals surface area contributed by atoms with E-state index in [2.05, 4.69) is 0 Å². The zero-order valence-electron chi connectivity index (χ0n) is 7.04. The number of aliphatic hydroxyl groups excluding tert-OH is 2. The Morgan fingerprint density at radius 1 is 1.00 bits per heavy atom. The summed E-state index contributed by atoms with van der Waals surface area (Å²) in [6.45, 7) is 5.70. The van der Waals surface area contributed by atoms with Gasteiger partial charge in [-0.2, -0.15) is 0 Å². The largest absolute Gasteiger partial charge is 0.393 e. The normalized spacial score (nSPS) is 17.4. The molecule has 0 aromatic rings. The summed E-state index contributed by atoms with van der Waals surface area (Å²) >= 11 is 0. The van der Waals surface area contributed by atoms with Crippen molar-refractivity contribution in [1.29, 1.82) is 0 Å². The van der Waals surface area contributed by atoms with Crippen molar-refractivity contribution < 1.29 is 10.2 Å². The van der Waals surface area contributed by atoms with Crippen LogP contribution in [0.25, 0.3) is 0 Å². The van der Waals surface area contributed by atoms with Gasteiger partial charge in [0.15, 0.2) is 0 Å². The molecular formula is C8H18O2. The van der Waals surface area contributed by atoms with Crippen LogP contribution in [0, 0.1) is 5.92 Å². The third-order valence-corrected chi connectivity index (χ3v) is 1.65. The maximum absolute atomic E-state index is 9.26. The molecule has 0 spiro atoms. The molecule has 0 saturated heterocycles. The smallest absolute Gasteiger partial charge is 0.0564 e. The zero-order chi connectivity index (χ0) is 8.15. The minimum atomic E-state index is -0.284. The fourth-order valence-corrected chi connectivity index (χ4v) is 0.745. The van der Waals surface area contributed by atoms with Gasteiger partial charge in [0.2, 0.25) is 0 Å². The van der Waals surface area contributed by atoms with Gasteiger partial charge >= 0.3 is 0 Å². The Morgan fingerprint density at radius 3 is 1.80 bits per heavy atom. The Bertz CT molecular complexity index is 79.3. The molecule has 0 rings (SSSR count). The Kier molecular flexibility index (Phi) is 4.65. The van der Waals surface area contributed by atoms with Crippen molar-refractivity contribution >= 4 is 0 Å². The average molecular weight is 146 g/mol. The number of hydrogen-bond donors (Lipinski definition) is 2. The number of aliphatic hydroxyl groups is 2. The standard InChI is InChI=1S/C8H18O2/c1-6(2)8(10)5-4-7(3)9/h6-10H,4-5H2,1-3H3/t7-,8+/m0/s1. The summed E-state index contributed by atoms with van der Waals surface area (Å²) in [5.41, 5.74) is 0. The van der Waals surface area contributed by atoms with E-state index in [1.807, 2.05) is 13.8 Å². The molecule has 2 atom stereocenters. The summed E-state index contributed by atoms with van der Waals surface area (Å²) < 4.78 is 0. The summed E-state index contributed by atoms with van der Waals surface area (Å²) in [6.07, 6.45) is 0.859. The number of hydrogen-bond acceptors (Lipinski definition) is 2. The van der Waals surface area contributed by atoms with Gasteiger partial charge in [0.1, 0.15) is 0 Å². The second kappa shape index (κ2) is 4.69. The molecule has 62 valence electrons. The highest BCUT2D eigenvalue weighted by molar-refractivity contribution is 4.61. The van der Waals surface area contributed by atoms with Gasteiger partial charge in [-0.05, 0) is 25.7 Å². The van der Waals surface area contributed by atoms with E-state index in [9.17, 15) is 5.11 Å². The lowest BCUT2D eigenvalue weighted by atomic mass is 10.0. The highest BCUT2D eigenvalue weighted by Gasteiger charge is 2.09. The lowest BCUT2D eigenvalue weighted by molar-refractivity contribution is 0.0905. The van der Waals surface area contributed by atoms with Crippen LogP contribution in [0.15, 0.2) is 0 Å². The van der Waals surface area contributed by atoms with Gasteiger partial charge in [0, 0.05) is 0 Å². The molecule has 0 bridgehead atoms. The fourth-order valence-electron chi connectivity index (χ4n) is 0.745. The van der Waals surface area contributed by atoms with Gasteiger partial charge in [-0.15, -0.1) is 0 Å². The van der Waals surface area contributed by atoms with E-state index in [1.165, 1.54) is 0 Å². The Hall–Kier alpha value is -0.0800. The maximum Gasteiger partial charge on any atom is 0.0564 e. The molecule has 0 fully saturated rings. The van der Waals surface area contributed by atoms with Crippen molar-refractivity contribution in [2.24, 2.45) is 5.92 Å². The molecule has 0 aliphatic heterocycles. The van der Waals surface area contributed by atoms with Crippen LogP contribution in [-0.4, -0.2) is 22.4 Å². The van der Waals surface area contributed by atoms with E-state index in [-0.39, 0.29) is 12.2 Å². The third-order valence-electron chi connectivity index (χ3n) is 1.65. The second-order valence-electron chi connectivity index (χ2n) is 3.24. The molecule has 0 aliphatic carbocycles. The molecular weight excluding hydrogens is 128 g/mol. The predicted octanol–water partition coefficient (Wildman–Crippen LogP) is 1.16. The van der Waals surface area contributed by atoms with Crippen molar-refractivity contribution in [1.82, 2.24) is 0 Å². The maximum atomic E-state index is 9.26. The SMILES string of the molecule is CC(C)[C@H](O)CC[C@H](C)O. The molecule has 10 heavy (non-hydrogen) atoms. The van der Waals surface area contributed by atoms with Crippen molar-refractivity contribution in [2.45, 2.75) is 45.8 Å². The minimum Gasteiger partial charge on any atom is -0.393 e. The predicted molar refractivity (Wildman–Crippen MR) is 41.8 cm³/mol. The Labute approximate surface area is 62.9 Å². The van der Waals surface area contributed by atoms with E-state index in [1.54, 1.807) is 6.92 Å². The van der Waals surface area contributed by atoms with Crippen LogP contribution in [-0.2, 0) is 0 Å². The molecule has 0 heterocycles. The summed E-state index contributed by atoms with van der Waals surface area (Å²) in [5, 5.41) is 18.1. The van der Waals surface area contributed by atoms with E-state index in [0.717, 1.165) is 0 Å². The summed E-state index contributed by atoms with van der Waals surface area (Å²) in [4.78, 5) is 0.